The van der Waals surface area contributed by atoms with Crippen molar-refractivity contribution in [3.8, 4) is 5.75 Å². The highest BCUT2D eigenvalue weighted by Crippen LogP contribution is 2.24. The molecule has 2 rings (SSSR count). The molecule has 0 aliphatic rings. The van der Waals surface area contributed by atoms with E-state index in [-0.39, 0.29) is 34.5 Å². The highest BCUT2D eigenvalue weighted by atomic mass is 35.5. The third kappa shape index (κ3) is 3.70. The van der Waals surface area contributed by atoms with Gasteiger partial charge in [-0.15, -0.1) is 0 Å². The summed E-state index contributed by atoms with van der Waals surface area (Å²) < 4.78 is 0. The van der Waals surface area contributed by atoms with Crippen molar-refractivity contribution in [1.29, 1.82) is 0 Å². The lowest BCUT2D eigenvalue weighted by molar-refractivity contribution is -0.384. The molecule has 0 atom stereocenters. The molecule has 0 spiro atoms. The van der Waals surface area contributed by atoms with Crippen LogP contribution >= 0.6 is 11.6 Å². The molecule has 0 aromatic heterocycles. The molecular formula is C14H11ClN2O4. The fourth-order valence-corrected chi connectivity index (χ4v) is 1.94. The number of benzene rings is 2. The maximum absolute atomic E-state index is 11.9. The van der Waals surface area contributed by atoms with Crippen LogP contribution < -0.4 is 5.32 Å². The van der Waals surface area contributed by atoms with Crippen LogP contribution in [0.15, 0.2) is 42.5 Å². The molecule has 0 aliphatic heterocycles. The molecule has 0 bridgehead atoms. The summed E-state index contributed by atoms with van der Waals surface area (Å²) in [6, 6.07) is 10.2. The van der Waals surface area contributed by atoms with Crippen molar-refractivity contribution >= 4 is 23.2 Å². The van der Waals surface area contributed by atoms with Gasteiger partial charge in [-0.25, -0.2) is 0 Å². The summed E-state index contributed by atoms with van der Waals surface area (Å²) in [5.74, 6) is -0.243. The molecule has 0 saturated heterocycles. The lowest BCUT2D eigenvalue weighted by Crippen LogP contribution is -2.22. The molecule has 1 amide bonds. The first kappa shape index (κ1) is 14.8. The minimum Gasteiger partial charge on any atom is -0.508 e. The van der Waals surface area contributed by atoms with Gasteiger partial charge in [0.05, 0.1) is 4.92 Å². The van der Waals surface area contributed by atoms with Crippen LogP contribution in [0.25, 0.3) is 0 Å². The van der Waals surface area contributed by atoms with Crippen LogP contribution in [0.5, 0.6) is 5.75 Å². The summed E-state index contributed by atoms with van der Waals surface area (Å²) in [5, 5.41) is 22.4. The van der Waals surface area contributed by atoms with E-state index in [1.165, 1.54) is 30.3 Å². The average Bonchev–Trinajstić information content (AvgIpc) is 2.45. The number of aromatic hydroxyl groups is 1. The summed E-state index contributed by atoms with van der Waals surface area (Å²) in [6.07, 6.45) is 0. The highest BCUT2D eigenvalue weighted by molar-refractivity contribution is 6.33. The number of nitro benzene ring substituents is 1. The Bertz CT molecular complexity index is 686. The molecule has 0 heterocycles. The van der Waals surface area contributed by atoms with Gasteiger partial charge in [0, 0.05) is 18.2 Å². The molecule has 21 heavy (non-hydrogen) atoms. The SMILES string of the molecule is O=C(NCc1ccc(O)cc1)c1ccc([N+](=O)[O-])c(Cl)c1. The molecule has 0 unspecified atom stereocenters. The smallest absolute Gasteiger partial charge is 0.287 e. The van der Waals surface area contributed by atoms with Crippen molar-refractivity contribution in [3.05, 3.63) is 68.7 Å². The number of phenolic OH excluding ortho intramolecular Hbond substituents is 1. The van der Waals surface area contributed by atoms with Crippen LogP contribution in [0.1, 0.15) is 15.9 Å². The van der Waals surface area contributed by atoms with Crippen molar-refractivity contribution in [2.24, 2.45) is 0 Å². The van der Waals surface area contributed by atoms with E-state index in [0.29, 0.717) is 0 Å². The number of amides is 1. The first-order valence-electron chi connectivity index (χ1n) is 5.97. The summed E-state index contributed by atoms with van der Waals surface area (Å²) in [7, 11) is 0. The minimum atomic E-state index is -0.611. The number of hydrogen-bond donors (Lipinski definition) is 2. The zero-order chi connectivity index (χ0) is 15.4. The largest absolute Gasteiger partial charge is 0.508 e. The third-order valence-electron chi connectivity index (χ3n) is 2.80. The zero-order valence-electron chi connectivity index (χ0n) is 10.7. The molecule has 2 N–H and O–H groups in total. The average molecular weight is 307 g/mol. The van der Waals surface area contributed by atoms with Crippen LogP contribution in [0, 0.1) is 10.1 Å². The van der Waals surface area contributed by atoms with E-state index in [4.69, 9.17) is 16.7 Å². The van der Waals surface area contributed by atoms with E-state index in [9.17, 15) is 14.9 Å². The molecule has 0 fully saturated rings. The number of rotatable bonds is 4. The number of carbonyl (C=O) groups excluding carboxylic acids is 1. The Balaban J connectivity index is 2.05. The monoisotopic (exact) mass is 306 g/mol. The first-order valence-corrected chi connectivity index (χ1v) is 6.35. The zero-order valence-corrected chi connectivity index (χ0v) is 11.5. The lowest BCUT2D eigenvalue weighted by atomic mass is 10.1. The predicted octanol–water partition coefficient (Wildman–Crippen LogP) is 2.88. The molecule has 7 heteroatoms. The highest BCUT2D eigenvalue weighted by Gasteiger charge is 2.15. The van der Waals surface area contributed by atoms with Crippen molar-refractivity contribution < 1.29 is 14.8 Å². The second-order valence-corrected chi connectivity index (χ2v) is 4.68. The molecular weight excluding hydrogens is 296 g/mol. The van der Waals surface area contributed by atoms with Crippen LogP contribution in [0.2, 0.25) is 5.02 Å². The third-order valence-corrected chi connectivity index (χ3v) is 3.10. The molecule has 0 radical (unpaired) electrons. The number of nitrogens with zero attached hydrogens (tertiary/aromatic N) is 1. The summed E-state index contributed by atoms with van der Waals surface area (Å²) in [5.41, 5.74) is 0.810. The molecule has 108 valence electrons. The number of phenols is 1. The van der Waals surface area contributed by atoms with Gasteiger partial charge < -0.3 is 10.4 Å². The van der Waals surface area contributed by atoms with Crippen molar-refractivity contribution in [2.45, 2.75) is 6.54 Å². The van der Waals surface area contributed by atoms with Gasteiger partial charge in [0.15, 0.2) is 0 Å². The summed E-state index contributed by atoms with van der Waals surface area (Å²) >= 11 is 5.75. The molecule has 2 aromatic rings. The van der Waals surface area contributed by atoms with E-state index in [1.807, 2.05) is 0 Å². The van der Waals surface area contributed by atoms with Gasteiger partial charge in [-0.2, -0.15) is 0 Å². The van der Waals surface area contributed by atoms with E-state index in [0.717, 1.165) is 5.56 Å². The fraction of sp³-hybridized carbons (Fsp3) is 0.0714. The van der Waals surface area contributed by atoms with Crippen LogP contribution in [0.3, 0.4) is 0 Å². The predicted molar refractivity (Wildman–Crippen MR) is 77.4 cm³/mol. The lowest BCUT2D eigenvalue weighted by Gasteiger charge is -2.06. The first-order chi connectivity index (χ1) is 9.97. The summed E-state index contributed by atoms with van der Waals surface area (Å²) in [6.45, 7) is 0.272. The van der Waals surface area contributed by atoms with Gasteiger partial charge in [-0.1, -0.05) is 23.7 Å². The van der Waals surface area contributed by atoms with Gasteiger partial charge in [0.1, 0.15) is 10.8 Å². The van der Waals surface area contributed by atoms with Crippen molar-refractivity contribution in [1.82, 2.24) is 5.32 Å². The van der Waals surface area contributed by atoms with Crippen LogP contribution in [-0.4, -0.2) is 15.9 Å². The van der Waals surface area contributed by atoms with E-state index >= 15 is 0 Å². The Morgan fingerprint density at radius 3 is 2.48 bits per heavy atom. The maximum Gasteiger partial charge on any atom is 0.287 e. The Labute approximate surface area is 125 Å². The number of hydrogen-bond acceptors (Lipinski definition) is 4. The van der Waals surface area contributed by atoms with Crippen molar-refractivity contribution in [3.63, 3.8) is 0 Å². The maximum atomic E-state index is 11.9. The molecule has 0 saturated carbocycles. The Morgan fingerprint density at radius 2 is 1.90 bits per heavy atom. The van der Waals surface area contributed by atoms with Gasteiger partial charge in [0.2, 0.25) is 0 Å². The Kier molecular flexibility index (Phi) is 4.39. The van der Waals surface area contributed by atoms with Gasteiger partial charge in [-0.05, 0) is 29.8 Å². The van der Waals surface area contributed by atoms with E-state index in [2.05, 4.69) is 5.32 Å². The molecule has 0 aliphatic carbocycles. The van der Waals surface area contributed by atoms with E-state index in [1.54, 1.807) is 12.1 Å². The Morgan fingerprint density at radius 1 is 1.24 bits per heavy atom. The topological polar surface area (TPSA) is 92.5 Å². The van der Waals surface area contributed by atoms with Crippen LogP contribution in [-0.2, 0) is 6.54 Å². The fourth-order valence-electron chi connectivity index (χ4n) is 1.69. The number of nitrogens with one attached hydrogen (secondary N) is 1. The Hall–Kier alpha value is -2.60. The second-order valence-electron chi connectivity index (χ2n) is 4.27. The molecule has 6 nitrogen and oxygen atoms in total. The standard InChI is InChI=1S/C14H11ClN2O4/c15-12-7-10(3-6-13(12)17(20)21)14(19)16-8-9-1-4-11(18)5-2-9/h1-7,18H,8H2,(H,16,19). The summed E-state index contributed by atoms with van der Waals surface area (Å²) in [4.78, 5) is 22.0. The molecule has 2 aromatic carbocycles. The second kappa shape index (κ2) is 6.23. The van der Waals surface area contributed by atoms with Gasteiger partial charge in [-0.3, -0.25) is 14.9 Å². The van der Waals surface area contributed by atoms with Gasteiger partial charge >= 0.3 is 0 Å². The van der Waals surface area contributed by atoms with Crippen LogP contribution in [0.4, 0.5) is 5.69 Å². The van der Waals surface area contributed by atoms with E-state index < -0.39 is 4.92 Å². The number of carbonyl (C=O) groups is 1. The quantitative estimate of drug-likeness (QED) is 0.671. The number of halogens is 1. The minimum absolute atomic E-state index is 0.0858. The van der Waals surface area contributed by atoms with Gasteiger partial charge in [0.25, 0.3) is 11.6 Å². The number of nitro groups is 1. The normalized spacial score (nSPS) is 10.1. The van der Waals surface area contributed by atoms with Crippen molar-refractivity contribution in [2.75, 3.05) is 0 Å².